The second-order valence-corrected chi connectivity index (χ2v) is 4.49. The molecular weight excluding hydrogens is 254 g/mol. The first kappa shape index (κ1) is 14.6. The van der Waals surface area contributed by atoms with Gasteiger partial charge in [-0.2, -0.15) is 0 Å². The molecule has 0 aliphatic heterocycles. The van der Waals surface area contributed by atoms with Crippen LogP contribution >= 0.6 is 0 Å². The van der Waals surface area contributed by atoms with E-state index in [9.17, 15) is 0 Å². The van der Waals surface area contributed by atoms with E-state index >= 15 is 0 Å². The molecule has 0 aliphatic carbocycles. The Bertz CT molecular complexity index is 546. The van der Waals surface area contributed by atoms with Crippen molar-refractivity contribution >= 4 is 22.3 Å². The topological polar surface area (TPSA) is 69.4 Å². The molecule has 0 amide bonds. The van der Waals surface area contributed by atoms with E-state index in [1.54, 1.807) is 13.3 Å². The number of hydrogen-bond donors (Lipinski definition) is 2. The van der Waals surface area contributed by atoms with Crippen LogP contribution in [0.15, 0.2) is 30.5 Å². The molecule has 3 N–H and O–H groups in total. The number of para-hydroxylation sites is 1. The van der Waals surface area contributed by atoms with Crippen molar-refractivity contribution in [2.24, 2.45) is 0 Å². The van der Waals surface area contributed by atoms with E-state index < -0.39 is 0 Å². The maximum absolute atomic E-state index is 5.93. The van der Waals surface area contributed by atoms with Crippen LogP contribution in [0, 0.1) is 0 Å². The summed E-state index contributed by atoms with van der Waals surface area (Å²) >= 11 is 0. The van der Waals surface area contributed by atoms with Gasteiger partial charge in [-0.25, -0.2) is 0 Å². The van der Waals surface area contributed by atoms with Gasteiger partial charge in [0.2, 0.25) is 0 Å². The molecule has 1 aromatic carbocycles. The molecule has 5 nitrogen and oxygen atoms in total. The first-order valence-electron chi connectivity index (χ1n) is 6.76. The van der Waals surface area contributed by atoms with Crippen molar-refractivity contribution < 1.29 is 9.47 Å². The molecule has 20 heavy (non-hydrogen) atoms. The summed E-state index contributed by atoms with van der Waals surface area (Å²) in [5, 5.41) is 4.45. The minimum Gasteiger partial charge on any atom is -0.397 e. The van der Waals surface area contributed by atoms with Crippen molar-refractivity contribution in [1.29, 1.82) is 0 Å². The Kier molecular flexibility index (Phi) is 5.58. The Hall–Kier alpha value is -1.85. The summed E-state index contributed by atoms with van der Waals surface area (Å²) in [5.74, 6) is 0. The Morgan fingerprint density at radius 2 is 2.10 bits per heavy atom. The molecule has 0 aliphatic rings. The molecule has 2 aromatic rings. The monoisotopic (exact) mass is 275 g/mol. The molecule has 0 bridgehead atoms. The maximum Gasteiger partial charge on any atom is 0.0951 e. The molecule has 0 radical (unpaired) electrons. The Morgan fingerprint density at radius 1 is 1.20 bits per heavy atom. The molecule has 0 saturated heterocycles. The van der Waals surface area contributed by atoms with Crippen LogP contribution in [0.2, 0.25) is 0 Å². The van der Waals surface area contributed by atoms with Gasteiger partial charge in [-0.15, -0.1) is 0 Å². The van der Waals surface area contributed by atoms with E-state index in [2.05, 4.69) is 10.3 Å². The number of ether oxygens (including phenoxy) is 2. The highest BCUT2D eigenvalue weighted by Crippen LogP contribution is 2.25. The maximum atomic E-state index is 5.93. The SMILES string of the molecule is COCCOCCCNc1ccnc2c(N)cccc12. The third kappa shape index (κ3) is 3.82. The third-order valence-corrected chi connectivity index (χ3v) is 3.01. The predicted octanol–water partition coefficient (Wildman–Crippen LogP) is 2.28. The van der Waals surface area contributed by atoms with Crippen LogP contribution in [0.3, 0.4) is 0 Å². The minimum absolute atomic E-state index is 0.641. The number of anilines is 2. The molecule has 5 heteroatoms. The Labute approximate surface area is 119 Å². The van der Waals surface area contributed by atoms with Gasteiger partial charge in [0.05, 0.1) is 24.4 Å². The highest BCUT2D eigenvalue weighted by Gasteiger charge is 2.03. The summed E-state index contributed by atoms with van der Waals surface area (Å²) in [6.07, 6.45) is 2.71. The van der Waals surface area contributed by atoms with Crippen molar-refractivity contribution in [3.05, 3.63) is 30.5 Å². The Balaban J connectivity index is 1.86. The summed E-state index contributed by atoms with van der Waals surface area (Å²) in [5.41, 5.74) is 8.52. The van der Waals surface area contributed by atoms with Gasteiger partial charge >= 0.3 is 0 Å². The summed E-state index contributed by atoms with van der Waals surface area (Å²) in [6, 6.07) is 7.80. The highest BCUT2D eigenvalue weighted by molar-refractivity contribution is 5.97. The van der Waals surface area contributed by atoms with E-state index in [1.165, 1.54) is 0 Å². The van der Waals surface area contributed by atoms with E-state index in [-0.39, 0.29) is 0 Å². The van der Waals surface area contributed by atoms with Gasteiger partial charge < -0.3 is 20.5 Å². The summed E-state index contributed by atoms with van der Waals surface area (Å²) in [4.78, 5) is 4.32. The zero-order valence-corrected chi connectivity index (χ0v) is 11.8. The number of rotatable bonds is 8. The number of nitrogens with zero attached hydrogens (tertiary/aromatic N) is 1. The molecule has 0 unspecified atom stereocenters. The van der Waals surface area contributed by atoms with Crippen molar-refractivity contribution in [3.63, 3.8) is 0 Å². The van der Waals surface area contributed by atoms with Gasteiger partial charge in [-0.3, -0.25) is 4.98 Å². The van der Waals surface area contributed by atoms with Crippen LogP contribution in [-0.2, 0) is 9.47 Å². The number of pyridine rings is 1. The van der Waals surface area contributed by atoms with Crippen LogP contribution < -0.4 is 11.1 Å². The van der Waals surface area contributed by atoms with E-state index in [4.69, 9.17) is 15.2 Å². The average molecular weight is 275 g/mol. The summed E-state index contributed by atoms with van der Waals surface area (Å²) < 4.78 is 10.3. The van der Waals surface area contributed by atoms with Crippen molar-refractivity contribution in [1.82, 2.24) is 4.98 Å². The van der Waals surface area contributed by atoms with Gasteiger partial charge in [0.1, 0.15) is 0 Å². The number of fused-ring (bicyclic) bond motifs is 1. The summed E-state index contributed by atoms with van der Waals surface area (Å²) in [6.45, 7) is 2.86. The number of nitrogens with one attached hydrogen (secondary N) is 1. The van der Waals surface area contributed by atoms with Gasteiger partial charge in [0.15, 0.2) is 0 Å². The molecule has 2 rings (SSSR count). The number of aromatic nitrogens is 1. The first-order chi connectivity index (χ1) is 9.83. The zero-order valence-electron chi connectivity index (χ0n) is 11.8. The number of benzene rings is 1. The number of nitrogen functional groups attached to an aromatic ring is 1. The fraction of sp³-hybridized carbons (Fsp3) is 0.400. The standard InChI is InChI=1S/C15H21N3O2/c1-19-10-11-20-9-3-7-17-14-6-8-18-15-12(14)4-2-5-13(15)16/h2,4-6,8H,3,7,9-11,16H2,1H3,(H,17,18). The summed E-state index contributed by atoms with van der Waals surface area (Å²) in [7, 11) is 1.67. The lowest BCUT2D eigenvalue weighted by atomic mass is 10.1. The molecule has 0 atom stereocenters. The van der Waals surface area contributed by atoms with Crippen molar-refractivity contribution in [3.8, 4) is 0 Å². The minimum atomic E-state index is 0.641. The van der Waals surface area contributed by atoms with E-state index in [0.717, 1.165) is 36.2 Å². The molecule has 0 saturated carbocycles. The van der Waals surface area contributed by atoms with Gasteiger partial charge in [0, 0.05) is 37.5 Å². The number of hydrogen-bond acceptors (Lipinski definition) is 5. The van der Waals surface area contributed by atoms with Gasteiger partial charge in [-0.1, -0.05) is 12.1 Å². The van der Waals surface area contributed by atoms with E-state index in [1.807, 2.05) is 24.3 Å². The fourth-order valence-electron chi connectivity index (χ4n) is 1.99. The molecule has 0 fully saturated rings. The Morgan fingerprint density at radius 3 is 2.95 bits per heavy atom. The van der Waals surface area contributed by atoms with Crippen molar-refractivity contribution in [2.45, 2.75) is 6.42 Å². The zero-order chi connectivity index (χ0) is 14.2. The van der Waals surface area contributed by atoms with Crippen molar-refractivity contribution in [2.75, 3.05) is 44.5 Å². The predicted molar refractivity (Wildman–Crippen MR) is 82.0 cm³/mol. The second-order valence-electron chi connectivity index (χ2n) is 4.49. The molecular formula is C15H21N3O2. The van der Waals surface area contributed by atoms with Gasteiger partial charge in [0.25, 0.3) is 0 Å². The number of nitrogens with two attached hydrogens (primary N) is 1. The van der Waals surface area contributed by atoms with E-state index in [0.29, 0.717) is 18.9 Å². The lowest BCUT2D eigenvalue weighted by Gasteiger charge is -2.10. The average Bonchev–Trinajstić information content (AvgIpc) is 2.47. The van der Waals surface area contributed by atoms with Crippen LogP contribution in [0.5, 0.6) is 0 Å². The largest absolute Gasteiger partial charge is 0.397 e. The van der Waals surface area contributed by atoms with Gasteiger partial charge in [-0.05, 0) is 18.6 Å². The molecule has 1 aromatic heterocycles. The quantitative estimate of drug-likeness (QED) is 0.571. The molecule has 1 heterocycles. The highest BCUT2D eigenvalue weighted by atomic mass is 16.5. The fourth-order valence-corrected chi connectivity index (χ4v) is 1.99. The smallest absolute Gasteiger partial charge is 0.0951 e. The number of methoxy groups -OCH3 is 1. The normalized spacial score (nSPS) is 10.8. The van der Waals surface area contributed by atoms with Crippen LogP contribution in [-0.4, -0.2) is 38.5 Å². The van der Waals surface area contributed by atoms with Crippen LogP contribution in [0.4, 0.5) is 11.4 Å². The molecule has 0 spiro atoms. The third-order valence-electron chi connectivity index (χ3n) is 3.01. The first-order valence-corrected chi connectivity index (χ1v) is 6.76. The lowest BCUT2D eigenvalue weighted by molar-refractivity contribution is 0.0705. The van der Waals surface area contributed by atoms with Crippen LogP contribution in [0.1, 0.15) is 6.42 Å². The molecule has 108 valence electrons. The van der Waals surface area contributed by atoms with Crippen LogP contribution in [0.25, 0.3) is 10.9 Å². The lowest BCUT2D eigenvalue weighted by Crippen LogP contribution is -2.08. The second kappa shape index (κ2) is 7.67.